The summed E-state index contributed by atoms with van der Waals surface area (Å²) in [6.45, 7) is 0.0867. The van der Waals surface area contributed by atoms with Crippen LogP contribution in [0.3, 0.4) is 0 Å². The maximum Gasteiger partial charge on any atom is 0.343 e. The number of piperidine rings is 1. The zero-order valence-electron chi connectivity index (χ0n) is 11.8. The topological polar surface area (TPSA) is 85.4 Å². The zero-order chi connectivity index (χ0) is 15.5. The fourth-order valence-corrected chi connectivity index (χ4v) is 2.22. The highest BCUT2D eigenvalue weighted by atomic mass is 16.8. The number of nitrogens with zero attached hydrogens (tertiary/aromatic N) is 1. The smallest absolute Gasteiger partial charge is 0.343 e. The second-order valence-electron chi connectivity index (χ2n) is 5.11. The number of fused-ring (bicyclic) bond motifs is 1. The number of carbonyl (C=O) groups is 3. The van der Waals surface area contributed by atoms with Crippen molar-refractivity contribution >= 4 is 17.8 Å². The summed E-state index contributed by atoms with van der Waals surface area (Å²) in [7, 11) is 0. The Bertz CT molecular complexity index is 587. The third kappa shape index (κ3) is 3.43. The Morgan fingerprint density at radius 1 is 1.23 bits per heavy atom. The van der Waals surface area contributed by atoms with Gasteiger partial charge in [0.1, 0.15) is 19.1 Å². The molecule has 1 aromatic carbocycles. The standard InChI is InChI=1S/C15H15NO6/c17-12-7-6-11-15(21-11)16(12)22-14(19)8-13(18)20-9-10-4-2-1-3-5-10/h1-5,11,15H,6-9H2. The van der Waals surface area contributed by atoms with Crippen LogP contribution in [0.1, 0.15) is 24.8 Å². The maximum absolute atomic E-state index is 11.7. The minimum absolute atomic E-state index is 0.0597. The molecule has 7 nitrogen and oxygen atoms in total. The fourth-order valence-electron chi connectivity index (χ4n) is 2.22. The number of epoxide rings is 1. The van der Waals surface area contributed by atoms with Crippen molar-refractivity contribution in [3.8, 4) is 0 Å². The highest BCUT2D eigenvalue weighted by molar-refractivity contribution is 5.91. The van der Waals surface area contributed by atoms with E-state index in [1.807, 2.05) is 30.3 Å². The van der Waals surface area contributed by atoms with Gasteiger partial charge >= 0.3 is 11.9 Å². The lowest BCUT2D eigenvalue weighted by Gasteiger charge is -2.21. The molecule has 0 aromatic heterocycles. The van der Waals surface area contributed by atoms with Gasteiger partial charge < -0.3 is 14.3 Å². The summed E-state index contributed by atoms with van der Waals surface area (Å²) in [5, 5.41) is 0.918. The predicted molar refractivity (Wildman–Crippen MR) is 71.7 cm³/mol. The molecule has 1 aromatic rings. The van der Waals surface area contributed by atoms with Gasteiger partial charge in [0.2, 0.25) is 0 Å². The molecule has 0 N–H and O–H groups in total. The Kier molecular flexibility index (Phi) is 4.06. The van der Waals surface area contributed by atoms with Gasteiger partial charge in [-0.15, -0.1) is 5.06 Å². The van der Waals surface area contributed by atoms with Crippen LogP contribution in [0.5, 0.6) is 0 Å². The molecule has 3 rings (SSSR count). The summed E-state index contributed by atoms with van der Waals surface area (Å²) in [4.78, 5) is 39.8. The second kappa shape index (κ2) is 6.15. The summed E-state index contributed by atoms with van der Waals surface area (Å²) < 4.78 is 10.2. The van der Waals surface area contributed by atoms with E-state index in [-0.39, 0.29) is 25.0 Å². The molecule has 0 spiro atoms. The van der Waals surface area contributed by atoms with Gasteiger partial charge in [-0.05, 0) is 12.0 Å². The van der Waals surface area contributed by atoms with Crippen molar-refractivity contribution in [2.45, 2.75) is 38.2 Å². The maximum atomic E-state index is 11.7. The highest BCUT2D eigenvalue weighted by Crippen LogP contribution is 2.35. The number of benzene rings is 1. The molecule has 2 saturated heterocycles. The van der Waals surface area contributed by atoms with Crippen LogP contribution in [-0.2, 0) is 35.3 Å². The van der Waals surface area contributed by atoms with Crippen LogP contribution in [0.2, 0.25) is 0 Å². The Morgan fingerprint density at radius 2 is 2.00 bits per heavy atom. The number of hydrogen-bond donors (Lipinski definition) is 0. The number of esters is 1. The van der Waals surface area contributed by atoms with Gasteiger partial charge in [-0.1, -0.05) is 30.3 Å². The molecule has 2 fully saturated rings. The van der Waals surface area contributed by atoms with Crippen LogP contribution < -0.4 is 0 Å². The van der Waals surface area contributed by atoms with E-state index in [0.717, 1.165) is 10.6 Å². The van der Waals surface area contributed by atoms with Crippen LogP contribution in [0, 0.1) is 0 Å². The first kappa shape index (κ1) is 14.5. The molecular formula is C15H15NO6. The zero-order valence-corrected chi connectivity index (χ0v) is 11.8. The van der Waals surface area contributed by atoms with Crippen molar-refractivity contribution in [1.82, 2.24) is 5.06 Å². The number of hydrogen-bond acceptors (Lipinski definition) is 6. The molecule has 2 atom stereocenters. The first-order valence-electron chi connectivity index (χ1n) is 7.01. The van der Waals surface area contributed by atoms with Crippen molar-refractivity contribution < 1.29 is 28.7 Å². The third-order valence-electron chi connectivity index (χ3n) is 3.41. The normalized spacial score (nSPS) is 22.7. The average Bonchev–Trinajstić information content (AvgIpc) is 3.29. The molecule has 0 bridgehead atoms. The van der Waals surface area contributed by atoms with Crippen LogP contribution >= 0.6 is 0 Å². The second-order valence-corrected chi connectivity index (χ2v) is 5.11. The summed E-state index contributed by atoms with van der Waals surface area (Å²) in [5.41, 5.74) is 0.824. The van der Waals surface area contributed by atoms with Gasteiger partial charge in [0.15, 0.2) is 6.23 Å². The van der Waals surface area contributed by atoms with E-state index in [9.17, 15) is 14.4 Å². The minimum atomic E-state index is -0.831. The first-order chi connectivity index (χ1) is 10.6. The average molecular weight is 305 g/mol. The molecule has 1 amide bonds. The van der Waals surface area contributed by atoms with Gasteiger partial charge in [0, 0.05) is 6.42 Å². The lowest BCUT2D eigenvalue weighted by atomic mass is 10.1. The van der Waals surface area contributed by atoms with Gasteiger partial charge in [-0.25, -0.2) is 4.79 Å². The van der Waals surface area contributed by atoms with Gasteiger partial charge in [0.25, 0.3) is 5.91 Å². The van der Waals surface area contributed by atoms with E-state index in [1.54, 1.807) is 0 Å². The van der Waals surface area contributed by atoms with E-state index < -0.39 is 24.6 Å². The molecule has 2 aliphatic rings. The number of hydroxylamine groups is 2. The SMILES string of the molecule is O=C(CC(=O)ON1C(=O)CCC2OC21)OCc1ccccc1. The molecule has 0 saturated carbocycles. The van der Waals surface area contributed by atoms with Crippen molar-refractivity contribution in [2.24, 2.45) is 0 Å². The first-order valence-corrected chi connectivity index (χ1v) is 7.01. The summed E-state index contributed by atoms with van der Waals surface area (Å²) in [6, 6.07) is 9.12. The van der Waals surface area contributed by atoms with E-state index in [0.29, 0.717) is 6.42 Å². The Morgan fingerprint density at radius 3 is 2.77 bits per heavy atom. The Balaban J connectivity index is 1.43. The third-order valence-corrected chi connectivity index (χ3v) is 3.41. The van der Waals surface area contributed by atoms with Gasteiger partial charge in [-0.3, -0.25) is 9.59 Å². The van der Waals surface area contributed by atoms with E-state index >= 15 is 0 Å². The lowest BCUT2D eigenvalue weighted by Crippen LogP contribution is -2.40. The molecule has 2 aliphatic heterocycles. The van der Waals surface area contributed by atoms with E-state index in [2.05, 4.69) is 0 Å². The van der Waals surface area contributed by atoms with E-state index in [1.165, 1.54) is 0 Å². The van der Waals surface area contributed by atoms with Crippen molar-refractivity contribution in [3.05, 3.63) is 35.9 Å². The van der Waals surface area contributed by atoms with Crippen molar-refractivity contribution in [3.63, 3.8) is 0 Å². The van der Waals surface area contributed by atoms with Crippen LogP contribution in [0.25, 0.3) is 0 Å². The molecule has 7 heteroatoms. The van der Waals surface area contributed by atoms with Gasteiger partial charge in [0.05, 0.1) is 0 Å². The van der Waals surface area contributed by atoms with Crippen LogP contribution in [0.15, 0.2) is 30.3 Å². The Labute approximate surface area is 126 Å². The largest absolute Gasteiger partial charge is 0.460 e. The van der Waals surface area contributed by atoms with Crippen molar-refractivity contribution in [1.29, 1.82) is 0 Å². The summed E-state index contributed by atoms with van der Waals surface area (Å²) in [5.74, 6) is -1.85. The molecular weight excluding hydrogens is 290 g/mol. The van der Waals surface area contributed by atoms with Crippen LogP contribution in [0.4, 0.5) is 0 Å². The van der Waals surface area contributed by atoms with Gasteiger partial charge in [-0.2, -0.15) is 0 Å². The molecule has 2 heterocycles. The number of ether oxygens (including phenoxy) is 2. The molecule has 0 radical (unpaired) electrons. The summed E-state index contributed by atoms with van der Waals surface area (Å²) >= 11 is 0. The van der Waals surface area contributed by atoms with Crippen LogP contribution in [-0.4, -0.2) is 35.2 Å². The summed E-state index contributed by atoms with van der Waals surface area (Å²) in [6.07, 6.45) is -0.196. The monoisotopic (exact) mass is 305 g/mol. The number of amides is 1. The molecule has 116 valence electrons. The van der Waals surface area contributed by atoms with E-state index in [4.69, 9.17) is 14.3 Å². The van der Waals surface area contributed by atoms with Crippen molar-refractivity contribution in [2.75, 3.05) is 0 Å². The predicted octanol–water partition coefficient (Wildman–Crippen LogP) is 0.925. The molecule has 22 heavy (non-hydrogen) atoms. The lowest BCUT2D eigenvalue weighted by molar-refractivity contribution is -0.209. The molecule has 2 unspecified atom stereocenters. The quantitative estimate of drug-likeness (QED) is 0.457. The fraction of sp³-hybridized carbons (Fsp3) is 0.400. The highest BCUT2D eigenvalue weighted by Gasteiger charge is 2.51. The number of carbonyl (C=O) groups excluding carboxylic acids is 3. The Hall–Kier alpha value is -2.41. The molecule has 0 aliphatic carbocycles. The minimum Gasteiger partial charge on any atom is -0.460 e. The number of rotatable bonds is 5.